The fourth-order valence-corrected chi connectivity index (χ4v) is 1.87. The van der Waals surface area contributed by atoms with E-state index in [0.29, 0.717) is 0 Å². The number of rotatable bonds is 3. The predicted molar refractivity (Wildman–Crippen MR) is 54.6 cm³/mol. The van der Waals surface area contributed by atoms with Crippen LogP contribution in [0.2, 0.25) is 0 Å². The van der Waals surface area contributed by atoms with Gasteiger partial charge in [-0.1, -0.05) is 6.92 Å². The van der Waals surface area contributed by atoms with Gasteiger partial charge in [0.05, 0.1) is 12.1 Å². The van der Waals surface area contributed by atoms with Crippen molar-refractivity contribution < 1.29 is 0 Å². The van der Waals surface area contributed by atoms with Crippen LogP contribution in [0.25, 0.3) is 0 Å². The molecular formula is C10H19N3. The number of aliphatic imine (C=N–C) groups is 1. The van der Waals surface area contributed by atoms with Gasteiger partial charge in [-0.05, 0) is 32.1 Å². The van der Waals surface area contributed by atoms with Crippen molar-refractivity contribution in [3.63, 3.8) is 0 Å². The highest BCUT2D eigenvalue weighted by atomic mass is 15.4. The van der Waals surface area contributed by atoms with E-state index in [1.807, 2.05) is 0 Å². The second-order valence-electron chi connectivity index (χ2n) is 4.58. The Morgan fingerprint density at radius 2 is 2.31 bits per heavy atom. The van der Waals surface area contributed by atoms with Crippen LogP contribution in [0.3, 0.4) is 0 Å². The van der Waals surface area contributed by atoms with Gasteiger partial charge >= 0.3 is 0 Å². The molecule has 13 heavy (non-hydrogen) atoms. The van der Waals surface area contributed by atoms with Crippen molar-refractivity contribution in [1.82, 2.24) is 4.90 Å². The summed E-state index contributed by atoms with van der Waals surface area (Å²) in [5, 5.41) is 0. The summed E-state index contributed by atoms with van der Waals surface area (Å²) in [4.78, 5) is 6.65. The zero-order valence-corrected chi connectivity index (χ0v) is 8.58. The van der Waals surface area contributed by atoms with Crippen LogP contribution < -0.4 is 5.73 Å². The maximum atomic E-state index is 5.88. The molecule has 1 atom stereocenters. The lowest BCUT2D eigenvalue weighted by molar-refractivity contribution is 0.208. The second kappa shape index (κ2) is 2.89. The lowest BCUT2D eigenvalue weighted by Gasteiger charge is -2.35. The monoisotopic (exact) mass is 181 g/mol. The van der Waals surface area contributed by atoms with Crippen LogP contribution in [-0.4, -0.2) is 29.5 Å². The molecule has 2 rings (SSSR count). The molecule has 0 spiro atoms. The Morgan fingerprint density at radius 3 is 2.85 bits per heavy atom. The first-order chi connectivity index (χ1) is 6.15. The molecule has 0 amide bonds. The first-order valence-corrected chi connectivity index (χ1v) is 5.23. The SMILES string of the molecule is CCC1(C)CN=C(N)N1CC1CC1. The lowest BCUT2D eigenvalue weighted by atomic mass is 9.98. The normalized spacial score (nSPS) is 33.7. The third kappa shape index (κ3) is 1.52. The molecule has 1 heterocycles. The molecule has 3 heteroatoms. The Morgan fingerprint density at radius 1 is 1.62 bits per heavy atom. The average molecular weight is 181 g/mol. The number of guanidine groups is 1. The fourth-order valence-electron chi connectivity index (χ4n) is 1.87. The zero-order chi connectivity index (χ0) is 9.47. The van der Waals surface area contributed by atoms with E-state index in [0.717, 1.165) is 31.4 Å². The Balaban J connectivity index is 2.05. The van der Waals surface area contributed by atoms with Gasteiger partial charge in [-0.3, -0.25) is 4.99 Å². The minimum absolute atomic E-state index is 0.201. The summed E-state index contributed by atoms with van der Waals surface area (Å²) in [6.45, 7) is 6.48. The van der Waals surface area contributed by atoms with Crippen LogP contribution in [0.1, 0.15) is 33.1 Å². The Hall–Kier alpha value is -0.730. The van der Waals surface area contributed by atoms with E-state index < -0.39 is 0 Å². The van der Waals surface area contributed by atoms with Crippen molar-refractivity contribution in [1.29, 1.82) is 0 Å². The maximum absolute atomic E-state index is 5.88. The van der Waals surface area contributed by atoms with E-state index in [-0.39, 0.29) is 5.54 Å². The van der Waals surface area contributed by atoms with Crippen LogP contribution >= 0.6 is 0 Å². The van der Waals surface area contributed by atoms with E-state index in [9.17, 15) is 0 Å². The van der Waals surface area contributed by atoms with Crippen molar-refractivity contribution in [2.75, 3.05) is 13.1 Å². The van der Waals surface area contributed by atoms with Crippen molar-refractivity contribution in [3.8, 4) is 0 Å². The van der Waals surface area contributed by atoms with Gasteiger partial charge in [0.2, 0.25) is 0 Å². The Labute approximate surface area is 80.0 Å². The molecule has 74 valence electrons. The van der Waals surface area contributed by atoms with Crippen LogP contribution in [0.15, 0.2) is 4.99 Å². The van der Waals surface area contributed by atoms with Gasteiger partial charge in [0.25, 0.3) is 0 Å². The molecule has 0 aromatic rings. The number of hydrogen-bond donors (Lipinski definition) is 1. The number of hydrogen-bond acceptors (Lipinski definition) is 3. The highest BCUT2D eigenvalue weighted by Crippen LogP contribution is 2.34. The average Bonchev–Trinajstić information content (AvgIpc) is 2.89. The molecule has 3 nitrogen and oxygen atoms in total. The van der Waals surface area contributed by atoms with Crippen LogP contribution in [-0.2, 0) is 0 Å². The molecule has 1 saturated carbocycles. The first kappa shape index (κ1) is 8.85. The summed E-state index contributed by atoms with van der Waals surface area (Å²) >= 11 is 0. The number of nitrogens with zero attached hydrogens (tertiary/aromatic N) is 2. The quantitative estimate of drug-likeness (QED) is 0.710. The molecule has 0 bridgehead atoms. The van der Waals surface area contributed by atoms with Gasteiger partial charge in [-0.2, -0.15) is 0 Å². The van der Waals surface area contributed by atoms with E-state index in [4.69, 9.17) is 5.73 Å². The topological polar surface area (TPSA) is 41.6 Å². The van der Waals surface area contributed by atoms with Gasteiger partial charge in [0, 0.05) is 6.54 Å². The van der Waals surface area contributed by atoms with Gasteiger partial charge in [0.15, 0.2) is 5.96 Å². The lowest BCUT2D eigenvalue weighted by Crippen LogP contribution is -2.50. The maximum Gasteiger partial charge on any atom is 0.191 e. The van der Waals surface area contributed by atoms with Gasteiger partial charge < -0.3 is 10.6 Å². The highest BCUT2D eigenvalue weighted by Gasteiger charge is 2.39. The van der Waals surface area contributed by atoms with Crippen molar-refractivity contribution in [2.24, 2.45) is 16.6 Å². The molecule has 1 unspecified atom stereocenters. The smallest absolute Gasteiger partial charge is 0.191 e. The largest absolute Gasteiger partial charge is 0.370 e. The van der Waals surface area contributed by atoms with Crippen LogP contribution in [0.4, 0.5) is 0 Å². The summed E-state index contributed by atoms with van der Waals surface area (Å²) < 4.78 is 0. The molecule has 1 fully saturated rings. The number of nitrogens with two attached hydrogens (primary N) is 1. The summed E-state index contributed by atoms with van der Waals surface area (Å²) in [7, 11) is 0. The first-order valence-electron chi connectivity index (χ1n) is 5.23. The third-order valence-corrected chi connectivity index (χ3v) is 3.41. The summed E-state index contributed by atoms with van der Waals surface area (Å²) in [6.07, 6.45) is 3.89. The van der Waals surface area contributed by atoms with Crippen LogP contribution in [0.5, 0.6) is 0 Å². The third-order valence-electron chi connectivity index (χ3n) is 3.41. The van der Waals surface area contributed by atoms with E-state index in [1.165, 1.54) is 12.8 Å². The predicted octanol–water partition coefficient (Wildman–Crippen LogP) is 1.20. The molecule has 0 radical (unpaired) electrons. The molecule has 2 N–H and O–H groups in total. The van der Waals surface area contributed by atoms with E-state index >= 15 is 0 Å². The molecular weight excluding hydrogens is 162 g/mol. The molecule has 0 saturated heterocycles. The second-order valence-corrected chi connectivity index (χ2v) is 4.58. The van der Waals surface area contributed by atoms with E-state index in [2.05, 4.69) is 23.7 Å². The fraction of sp³-hybridized carbons (Fsp3) is 0.900. The molecule has 0 aromatic carbocycles. The van der Waals surface area contributed by atoms with Gasteiger partial charge in [-0.25, -0.2) is 0 Å². The summed E-state index contributed by atoms with van der Waals surface area (Å²) in [6, 6.07) is 0. The van der Waals surface area contributed by atoms with Crippen molar-refractivity contribution >= 4 is 5.96 Å². The van der Waals surface area contributed by atoms with Gasteiger partial charge in [0.1, 0.15) is 0 Å². The molecule has 2 aliphatic rings. The Kier molecular flexibility index (Phi) is 1.97. The van der Waals surface area contributed by atoms with Gasteiger partial charge in [-0.15, -0.1) is 0 Å². The highest BCUT2D eigenvalue weighted by molar-refractivity contribution is 5.81. The van der Waals surface area contributed by atoms with Crippen LogP contribution in [0, 0.1) is 5.92 Å². The molecule has 0 aromatic heterocycles. The molecule has 1 aliphatic heterocycles. The van der Waals surface area contributed by atoms with Crippen molar-refractivity contribution in [2.45, 2.75) is 38.6 Å². The van der Waals surface area contributed by atoms with E-state index in [1.54, 1.807) is 0 Å². The molecule has 1 aliphatic carbocycles. The summed E-state index contributed by atoms with van der Waals surface area (Å²) in [5.74, 6) is 1.65. The summed E-state index contributed by atoms with van der Waals surface area (Å²) in [5.41, 5.74) is 6.08. The zero-order valence-electron chi connectivity index (χ0n) is 8.58. The standard InChI is InChI=1S/C10H19N3/c1-3-10(2)7-12-9(11)13(10)6-8-4-5-8/h8H,3-7H2,1-2H3,(H2,11,12). The Bertz CT molecular complexity index is 232. The minimum Gasteiger partial charge on any atom is -0.370 e. The van der Waals surface area contributed by atoms with Crippen molar-refractivity contribution in [3.05, 3.63) is 0 Å². The minimum atomic E-state index is 0.201.